The summed E-state index contributed by atoms with van der Waals surface area (Å²) in [6, 6.07) is -0.753. The molecule has 0 aromatic carbocycles. The third kappa shape index (κ3) is 7.25. The molecule has 15 heavy (non-hydrogen) atoms. The lowest BCUT2D eigenvalue weighted by Crippen LogP contribution is -2.41. The number of aliphatic carboxylic acids is 1. The van der Waals surface area contributed by atoms with E-state index < -0.39 is 12.0 Å². The first-order valence-corrected chi connectivity index (χ1v) is 6.22. The quantitative estimate of drug-likeness (QED) is 0.696. The molecular formula is C10H19NO3S. The molecule has 2 N–H and O–H groups in total. The molecule has 0 radical (unpaired) electrons. The first kappa shape index (κ1) is 14.3. The minimum Gasteiger partial charge on any atom is -0.480 e. The molecule has 1 unspecified atom stereocenters. The zero-order valence-electron chi connectivity index (χ0n) is 9.45. The van der Waals surface area contributed by atoms with Crippen LogP contribution < -0.4 is 5.32 Å². The van der Waals surface area contributed by atoms with Gasteiger partial charge in [-0.2, -0.15) is 11.8 Å². The van der Waals surface area contributed by atoms with Gasteiger partial charge in [-0.05, 0) is 18.1 Å². The smallest absolute Gasteiger partial charge is 0.326 e. The molecular weight excluding hydrogens is 214 g/mol. The van der Waals surface area contributed by atoms with Crippen molar-refractivity contribution in [1.82, 2.24) is 5.32 Å². The van der Waals surface area contributed by atoms with E-state index in [9.17, 15) is 9.59 Å². The monoisotopic (exact) mass is 233 g/mol. The molecule has 0 aliphatic carbocycles. The molecule has 0 aromatic heterocycles. The van der Waals surface area contributed by atoms with Gasteiger partial charge in [-0.25, -0.2) is 4.79 Å². The predicted molar refractivity (Wildman–Crippen MR) is 62.0 cm³/mol. The summed E-state index contributed by atoms with van der Waals surface area (Å²) in [5, 5.41) is 11.2. The first-order chi connectivity index (χ1) is 6.97. The molecule has 0 saturated carbocycles. The van der Waals surface area contributed by atoms with Gasteiger partial charge in [0.15, 0.2) is 0 Å². The molecule has 0 bridgehead atoms. The van der Waals surface area contributed by atoms with Crippen LogP contribution in [0, 0.1) is 5.92 Å². The topological polar surface area (TPSA) is 66.4 Å². The van der Waals surface area contributed by atoms with Crippen LogP contribution >= 0.6 is 11.8 Å². The Kier molecular flexibility index (Phi) is 7.21. The molecule has 0 rings (SSSR count). The Morgan fingerprint density at radius 2 is 2.00 bits per heavy atom. The highest BCUT2D eigenvalue weighted by Crippen LogP contribution is 2.06. The lowest BCUT2D eigenvalue weighted by Gasteiger charge is -2.12. The zero-order chi connectivity index (χ0) is 11.8. The molecule has 0 aromatic rings. The van der Waals surface area contributed by atoms with Crippen LogP contribution in [-0.4, -0.2) is 34.5 Å². The van der Waals surface area contributed by atoms with Crippen LogP contribution in [0.5, 0.6) is 0 Å². The SMILES string of the molecule is CCC(NC(=O)CSCC(C)C)C(=O)O. The van der Waals surface area contributed by atoms with Crippen LogP contribution in [0.3, 0.4) is 0 Å². The number of hydrogen-bond donors (Lipinski definition) is 2. The average molecular weight is 233 g/mol. The van der Waals surface area contributed by atoms with Gasteiger partial charge in [-0.3, -0.25) is 4.79 Å². The summed E-state index contributed by atoms with van der Waals surface area (Å²) >= 11 is 1.53. The van der Waals surface area contributed by atoms with Gasteiger partial charge in [0, 0.05) is 0 Å². The second kappa shape index (κ2) is 7.56. The van der Waals surface area contributed by atoms with Crippen LogP contribution in [0.4, 0.5) is 0 Å². The van der Waals surface area contributed by atoms with Crippen molar-refractivity contribution in [3.8, 4) is 0 Å². The van der Waals surface area contributed by atoms with E-state index in [0.29, 0.717) is 18.1 Å². The Balaban J connectivity index is 3.77. The van der Waals surface area contributed by atoms with Gasteiger partial charge < -0.3 is 10.4 Å². The van der Waals surface area contributed by atoms with Crippen molar-refractivity contribution in [2.75, 3.05) is 11.5 Å². The summed E-state index contributed by atoms with van der Waals surface area (Å²) in [5.41, 5.74) is 0. The lowest BCUT2D eigenvalue weighted by atomic mass is 10.2. The number of carboxylic acids is 1. The van der Waals surface area contributed by atoms with Crippen LogP contribution in [0.1, 0.15) is 27.2 Å². The second-order valence-electron chi connectivity index (χ2n) is 3.78. The van der Waals surface area contributed by atoms with Crippen molar-refractivity contribution in [3.63, 3.8) is 0 Å². The number of carbonyl (C=O) groups is 2. The minimum absolute atomic E-state index is 0.199. The number of thioether (sulfide) groups is 1. The normalized spacial score (nSPS) is 12.5. The van der Waals surface area contributed by atoms with Gasteiger partial charge in [0.25, 0.3) is 0 Å². The van der Waals surface area contributed by atoms with Crippen molar-refractivity contribution in [2.45, 2.75) is 33.2 Å². The number of nitrogens with one attached hydrogen (secondary N) is 1. The predicted octanol–water partition coefficient (Wildman–Crippen LogP) is 1.35. The molecule has 5 heteroatoms. The molecule has 4 nitrogen and oxygen atoms in total. The van der Waals surface area contributed by atoms with Gasteiger partial charge in [0.2, 0.25) is 5.91 Å². The van der Waals surface area contributed by atoms with Crippen LogP contribution in [0.2, 0.25) is 0 Å². The molecule has 1 amide bonds. The van der Waals surface area contributed by atoms with Crippen molar-refractivity contribution in [1.29, 1.82) is 0 Å². The first-order valence-electron chi connectivity index (χ1n) is 5.07. The van der Waals surface area contributed by atoms with Gasteiger partial charge in [0.05, 0.1) is 5.75 Å². The third-order valence-corrected chi connectivity index (χ3v) is 3.09. The molecule has 0 fully saturated rings. The lowest BCUT2D eigenvalue weighted by molar-refractivity contribution is -0.141. The Labute approximate surface area is 94.8 Å². The fourth-order valence-corrected chi connectivity index (χ4v) is 1.82. The Morgan fingerprint density at radius 1 is 1.40 bits per heavy atom. The fourth-order valence-electron chi connectivity index (χ4n) is 0.962. The van der Waals surface area contributed by atoms with E-state index in [2.05, 4.69) is 19.2 Å². The Hall–Kier alpha value is -0.710. The Bertz CT molecular complexity index is 219. The van der Waals surface area contributed by atoms with E-state index in [0.717, 1.165) is 5.75 Å². The van der Waals surface area contributed by atoms with Gasteiger partial charge in [0.1, 0.15) is 6.04 Å². The van der Waals surface area contributed by atoms with E-state index in [1.807, 2.05) is 0 Å². The maximum Gasteiger partial charge on any atom is 0.326 e. The van der Waals surface area contributed by atoms with Crippen molar-refractivity contribution in [3.05, 3.63) is 0 Å². The maximum absolute atomic E-state index is 11.3. The summed E-state index contributed by atoms with van der Waals surface area (Å²) in [7, 11) is 0. The highest BCUT2D eigenvalue weighted by atomic mass is 32.2. The molecule has 0 heterocycles. The van der Waals surface area contributed by atoms with Crippen LogP contribution in [0.25, 0.3) is 0 Å². The Morgan fingerprint density at radius 3 is 2.40 bits per heavy atom. The van der Waals surface area contributed by atoms with E-state index >= 15 is 0 Å². The highest BCUT2D eigenvalue weighted by Gasteiger charge is 2.17. The summed E-state index contributed by atoms with van der Waals surface area (Å²) in [4.78, 5) is 21.9. The van der Waals surface area contributed by atoms with E-state index in [-0.39, 0.29) is 5.91 Å². The van der Waals surface area contributed by atoms with Gasteiger partial charge >= 0.3 is 5.97 Å². The van der Waals surface area contributed by atoms with E-state index in [1.165, 1.54) is 11.8 Å². The van der Waals surface area contributed by atoms with Crippen molar-refractivity contribution < 1.29 is 14.7 Å². The molecule has 88 valence electrons. The van der Waals surface area contributed by atoms with Gasteiger partial charge in [-0.15, -0.1) is 0 Å². The number of carboxylic acid groups (broad SMARTS) is 1. The molecule has 0 aliphatic heterocycles. The molecule has 0 aliphatic rings. The summed E-state index contributed by atoms with van der Waals surface area (Å²) in [6.07, 6.45) is 0.413. The van der Waals surface area contributed by atoms with Crippen molar-refractivity contribution in [2.24, 2.45) is 5.92 Å². The standard InChI is InChI=1S/C10H19NO3S/c1-4-8(10(13)14)11-9(12)6-15-5-7(2)3/h7-8H,4-6H2,1-3H3,(H,11,12)(H,13,14). The number of amides is 1. The second-order valence-corrected chi connectivity index (χ2v) is 4.81. The fraction of sp³-hybridized carbons (Fsp3) is 0.800. The van der Waals surface area contributed by atoms with E-state index in [4.69, 9.17) is 5.11 Å². The summed E-state index contributed by atoms with van der Waals surface area (Å²) in [6.45, 7) is 5.90. The van der Waals surface area contributed by atoms with Gasteiger partial charge in [-0.1, -0.05) is 20.8 Å². The molecule has 0 saturated heterocycles. The maximum atomic E-state index is 11.3. The number of hydrogen-bond acceptors (Lipinski definition) is 3. The number of carbonyl (C=O) groups excluding carboxylic acids is 1. The molecule has 0 spiro atoms. The van der Waals surface area contributed by atoms with Crippen LogP contribution in [-0.2, 0) is 9.59 Å². The molecule has 1 atom stereocenters. The zero-order valence-corrected chi connectivity index (χ0v) is 10.3. The summed E-state index contributed by atoms with van der Waals surface area (Å²) < 4.78 is 0. The van der Waals surface area contributed by atoms with Crippen LogP contribution in [0.15, 0.2) is 0 Å². The number of rotatable bonds is 7. The minimum atomic E-state index is -0.972. The summed E-state index contributed by atoms with van der Waals surface area (Å²) in [5.74, 6) is 0.623. The highest BCUT2D eigenvalue weighted by molar-refractivity contribution is 7.99. The average Bonchev–Trinajstić information content (AvgIpc) is 2.13. The largest absolute Gasteiger partial charge is 0.480 e. The van der Waals surface area contributed by atoms with E-state index in [1.54, 1.807) is 6.92 Å². The third-order valence-electron chi connectivity index (χ3n) is 1.73. The van der Waals surface area contributed by atoms with Crippen molar-refractivity contribution >= 4 is 23.6 Å².